The van der Waals surface area contributed by atoms with Crippen LogP contribution in [0.3, 0.4) is 0 Å². The Balaban J connectivity index is 0. The van der Waals surface area contributed by atoms with Crippen LogP contribution in [0, 0.1) is 5.92 Å². The summed E-state index contributed by atoms with van der Waals surface area (Å²) in [4.78, 5) is 31.9. The number of hydrogen-bond donors (Lipinski definition) is 4. The van der Waals surface area contributed by atoms with E-state index in [2.05, 4.69) is 17.2 Å². The summed E-state index contributed by atoms with van der Waals surface area (Å²) in [5.41, 5.74) is 5.38. The highest BCUT2D eigenvalue weighted by Gasteiger charge is 2.21. The lowest BCUT2D eigenvalue weighted by Gasteiger charge is -2.18. The summed E-state index contributed by atoms with van der Waals surface area (Å²) >= 11 is 0. The highest BCUT2D eigenvalue weighted by molar-refractivity contribution is 5.86. The lowest BCUT2D eigenvalue weighted by molar-refractivity contribution is -0.123. The van der Waals surface area contributed by atoms with Gasteiger partial charge in [0.15, 0.2) is 0 Å². The van der Waals surface area contributed by atoms with Crippen LogP contribution < -0.4 is 16.4 Å². The summed E-state index contributed by atoms with van der Waals surface area (Å²) in [6, 6.07) is -0.624. The first-order valence-electron chi connectivity index (χ1n) is 7.70. The van der Waals surface area contributed by atoms with Gasteiger partial charge in [0.2, 0.25) is 5.91 Å². The first-order chi connectivity index (χ1) is 11.4. The first-order valence-corrected chi connectivity index (χ1v) is 7.70. The van der Waals surface area contributed by atoms with Gasteiger partial charge < -0.3 is 26.2 Å². The molecule has 0 saturated carbocycles. The van der Waals surface area contributed by atoms with Crippen molar-refractivity contribution < 1.29 is 24.2 Å². The third kappa shape index (κ3) is 16.0. The number of carbonyl (C=O) groups excluding carboxylic acids is 2. The molecule has 0 radical (unpaired) electrons. The first kappa shape index (κ1) is 23.9. The molecular formula is C16H29N3O5. The Morgan fingerprint density at radius 3 is 2.50 bits per heavy atom. The Kier molecular flexibility index (Phi) is 16.9. The quantitative estimate of drug-likeness (QED) is 0.269. The van der Waals surface area contributed by atoms with E-state index in [1.807, 2.05) is 19.9 Å². The third-order valence-electron chi connectivity index (χ3n) is 2.57. The fourth-order valence-electron chi connectivity index (χ4n) is 1.58. The number of hydrogen-bond acceptors (Lipinski definition) is 5. The van der Waals surface area contributed by atoms with Crippen LogP contribution in [0.25, 0.3) is 0 Å². The van der Waals surface area contributed by atoms with Crippen molar-refractivity contribution in [2.45, 2.75) is 39.2 Å². The van der Waals surface area contributed by atoms with Crippen LogP contribution in [0.5, 0.6) is 0 Å². The zero-order chi connectivity index (χ0) is 18.8. The number of carbonyl (C=O) groups is 3. The fraction of sp³-hybridized carbons (Fsp3) is 0.562. The number of rotatable bonds is 10. The van der Waals surface area contributed by atoms with E-state index in [0.717, 1.165) is 12.8 Å². The van der Waals surface area contributed by atoms with Gasteiger partial charge in [-0.25, -0.2) is 4.79 Å². The molecule has 0 spiro atoms. The Bertz CT molecular complexity index is 397. The largest absolute Gasteiger partial charge is 0.483 e. The Morgan fingerprint density at radius 2 is 2.00 bits per heavy atom. The summed E-state index contributed by atoms with van der Waals surface area (Å²) in [6.45, 7) is 7.90. The third-order valence-corrected chi connectivity index (χ3v) is 2.57. The van der Waals surface area contributed by atoms with E-state index in [0.29, 0.717) is 13.0 Å². The van der Waals surface area contributed by atoms with Gasteiger partial charge in [-0.3, -0.25) is 9.59 Å². The Labute approximate surface area is 143 Å². The summed E-state index contributed by atoms with van der Waals surface area (Å²) in [5.74, 6) is 0.00456. The summed E-state index contributed by atoms with van der Waals surface area (Å²) in [7, 11) is 0. The second-order valence-corrected chi connectivity index (χ2v) is 5.16. The highest BCUT2D eigenvalue weighted by Crippen LogP contribution is 2.05. The van der Waals surface area contributed by atoms with Gasteiger partial charge in [-0.05, 0) is 37.9 Å². The van der Waals surface area contributed by atoms with Gasteiger partial charge in [-0.15, -0.1) is 0 Å². The van der Waals surface area contributed by atoms with Crippen molar-refractivity contribution in [1.82, 2.24) is 10.6 Å². The van der Waals surface area contributed by atoms with Crippen molar-refractivity contribution in [2.24, 2.45) is 11.7 Å². The number of nitrogens with two attached hydrogens (primary N) is 1. The summed E-state index contributed by atoms with van der Waals surface area (Å²) in [5, 5.41) is 12.1. The molecule has 0 fully saturated rings. The molecule has 8 nitrogen and oxygen atoms in total. The van der Waals surface area contributed by atoms with Gasteiger partial charge in [-0.2, -0.15) is 0 Å². The van der Waals surface area contributed by atoms with Crippen molar-refractivity contribution in [3.63, 3.8) is 0 Å². The molecule has 0 saturated heterocycles. The molecule has 0 aromatic carbocycles. The van der Waals surface area contributed by atoms with Crippen molar-refractivity contribution in [1.29, 1.82) is 0 Å². The molecule has 1 atom stereocenters. The number of amides is 2. The molecule has 0 rings (SSSR count). The standard InChI is InChI=1S/C15H27N3O3.CH2O2/c1-4-10-21-15(20)18-13(11-12(2)3)14(19)17-9-7-5-6-8-16;2-1-3/h4,7,9,12-13H,1,5-6,8,10-11,16H2,2-3H3,(H,17,19)(H,18,20);1H,(H,2,3)/b9-7+;/t13-;/m1./s1. The second kappa shape index (κ2) is 17.0. The average Bonchev–Trinajstić information content (AvgIpc) is 2.52. The zero-order valence-electron chi connectivity index (χ0n) is 14.4. The predicted octanol–water partition coefficient (Wildman–Crippen LogP) is 1.38. The van der Waals surface area contributed by atoms with Crippen LogP contribution in [0.1, 0.15) is 33.1 Å². The zero-order valence-corrected chi connectivity index (χ0v) is 14.4. The smallest absolute Gasteiger partial charge is 0.408 e. The minimum absolute atomic E-state index is 0.112. The number of carboxylic acid groups (broad SMARTS) is 1. The average molecular weight is 343 g/mol. The lowest BCUT2D eigenvalue weighted by atomic mass is 10.0. The molecule has 0 aliphatic rings. The summed E-state index contributed by atoms with van der Waals surface area (Å²) in [6.07, 6.45) is 6.48. The van der Waals surface area contributed by atoms with Crippen LogP contribution >= 0.6 is 0 Å². The van der Waals surface area contributed by atoms with Crippen molar-refractivity contribution in [2.75, 3.05) is 13.2 Å². The molecule has 0 aliphatic carbocycles. The van der Waals surface area contributed by atoms with E-state index in [4.69, 9.17) is 20.4 Å². The highest BCUT2D eigenvalue weighted by atomic mass is 16.5. The van der Waals surface area contributed by atoms with E-state index in [1.54, 1.807) is 6.20 Å². The van der Waals surface area contributed by atoms with Gasteiger partial charge in [0.05, 0.1) is 0 Å². The van der Waals surface area contributed by atoms with Crippen LogP contribution in [0.15, 0.2) is 24.9 Å². The molecule has 0 aliphatic heterocycles. The van der Waals surface area contributed by atoms with Crippen LogP contribution in [-0.2, 0) is 14.3 Å². The van der Waals surface area contributed by atoms with Crippen LogP contribution in [0.2, 0.25) is 0 Å². The molecule has 0 heterocycles. The van der Waals surface area contributed by atoms with Crippen LogP contribution in [-0.4, -0.2) is 42.8 Å². The maximum Gasteiger partial charge on any atom is 0.408 e. The van der Waals surface area contributed by atoms with Gasteiger partial charge in [0.25, 0.3) is 6.47 Å². The monoisotopic (exact) mass is 343 g/mol. The maximum absolute atomic E-state index is 12.0. The molecule has 0 aromatic rings. The lowest BCUT2D eigenvalue weighted by Crippen LogP contribution is -2.46. The molecule has 24 heavy (non-hydrogen) atoms. The topological polar surface area (TPSA) is 131 Å². The van der Waals surface area contributed by atoms with Crippen molar-refractivity contribution >= 4 is 18.5 Å². The molecule has 138 valence electrons. The van der Waals surface area contributed by atoms with E-state index < -0.39 is 12.1 Å². The number of allylic oxidation sites excluding steroid dienone is 1. The minimum Gasteiger partial charge on any atom is -0.483 e. The fourth-order valence-corrected chi connectivity index (χ4v) is 1.58. The Hall–Kier alpha value is -2.35. The molecule has 0 bridgehead atoms. The van der Waals surface area contributed by atoms with Gasteiger partial charge in [-0.1, -0.05) is 32.6 Å². The van der Waals surface area contributed by atoms with E-state index in [1.165, 1.54) is 6.08 Å². The second-order valence-electron chi connectivity index (χ2n) is 5.16. The minimum atomic E-state index is -0.624. The molecule has 0 aromatic heterocycles. The maximum atomic E-state index is 12.0. The van der Waals surface area contributed by atoms with E-state index in [9.17, 15) is 9.59 Å². The molecular weight excluding hydrogens is 314 g/mol. The molecule has 2 amide bonds. The van der Waals surface area contributed by atoms with Crippen LogP contribution in [0.4, 0.5) is 4.79 Å². The van der Waals surface area contributed by atoms with Crippen molar-refractivity contribution in [3.8, 4) is 0 Å². The molecule has 0 unspecified atom stereocenters. The van der Waals surface area contributed by atoms with E-state index >= 15 is 0 Å². The van der Waals surface area contributed by atoms with Crippen molar-refractivity contribution in [3.05, 3.63) is 24.9 Å². The number of unbranched alkanes of at least 4 members (excludes halogenated alkanes) is 1. The number of ether oxygens (including phenoxy) is 1. The van der Waals surface area contributed by atoms with Gasteiger partial charge >= 0.3 is 6.09 Å². The van der Waals surface area contributed by atoms with E-state index in [-0.39, 0.29) is 24.9 Å². The summed E-state index contributed by atoms with van der Waals surface area (Å²) < 4.78 is 4.83. The van der Waals surface area contributed by atoms with Gasteiger partial charge in [0.1, 0.15) is 12.6 Å². The number of alkyl carbamates (subject to hydrolysis) is 1. The molecule has 8 heteroatoms. The normalized spacial score (nSPS) is 11.2. The Morgan fingerprint density at radius 1 is 1.38 bits per heavy atom. The number of nitrogens with one attached hydrogen (secondary N) is 2. The predicted molar refractivity (Wildman–Crippen MR) is 92.2 cm³/mol. The SMILES string of the molecule is C=CCOC(=O)N[C@H](CC(C)C)C(=O)N/C=C/CCCN.O=CO. The molecule has 5 N–H and O–H groups in total. The van der Waals surface area contributed by atoms with Gasteiger partial charge in [0, 0.05) is 0 Å².